The van der Waals surface area contributed by atoms with Gasteiger partial charge in [0, 0.05) is 19.0 Å². The number of amides is 1. The van der Waals surface area contributed by atoms with E-state index >= 15 is 0 Å². The smallest absolute Gasteiger partial charge is 0.221 e. The summed E-state index contributed by atoms with van der Waals surface area (Å²) in [6.07, 6.45) is 1.66. The first kappa shape index (κ1) is 10.5. The lowest BCUT2D eigenvalue weighted by Gasteiger charge is -2.31. The van der Waals surface area contributed by atoms with Crippen molar-refractivity contribution in [3.63, 3.8) is 0 Å². The fourth-order valence-electron chi connectivity index (χ4n) is 1.67. The average Bonchev–Trinajstić information content (AvgIpc) is 2.04. The van der Waals surface area contributed by atoms with Crippen LogP contribution in [0.3, 0.4) is 0 Å². The molecule has 1 rings (SSSR count). The third-order valence-corrected chi connectivity index (χ3v) is 2.50. The molecule has 3 N–H and O–H groups in total. The van der Waals surface area contributed by atoms with Gasteiger partial charge in [0.2, 0.25) is 5.91 Å². The molecule has 0 aromatic carbocycles. The lowest BCUT2D eigenvalue weighted by Crippen LogP contribution is -2.42. The SMILES string of the molecule is CC(CN1CCCC(O)C1)C(N)=O. The summed E-state index contributed by atoms with van der Waals surface area (Å²) in [5, 5.41) is 9.37. The number of carbonyl (C=O) groups excluding carboxylic acids is 1. The minimum absolute atomic E-state index is 0.120. The molecule has 13 heavy (non-hydrogen) atoms. The molecule has 2 unspecified atom stereocenters. The number of piperidine rings is 1. The number of β-amino-alcohol motifs (C(OH)–C–C–N with tert-alkyl or cyclic N) is 1. The van der Waals surface area contributed by atoms with E-state index in [2.05, 4.69) is 4.90 Å². The van der Waals surface area contributed by atoms with E-state index in [0.29, 0.717) is 13.1 Å². The summed E-state index contributed by atoms with van der Waals surface area (Å²) in [5.74, 6) is -0.384. The molecule has 1 heterocycles. The maximum absolute atomic E-state index is 10.8. The van der Waals surface area contributed by atoms with E-state index in [1.165, 1.54) is 0 Å². The molecule has 0 radical (unpaired) electrons. The highest BCUT2D eigenvalue weighted by atomic mass is 16.3. The molecule has 4 heteroatoms. The number of nitrogens with two attached hydrogens (primary N) is 1. The molecular formula is C9H18N2O2. The Morgan fingerprint density at radius 2 is 2.46 bits per heavy atom. The van der Waals surface area contributed by atoms with Gasteiger partial charge in [-0.15, -0.1) is 0 Å². The summed E-state index contributed by atoms with van der Waals surface area (Å²) in [7, 11) is 0. The molecule has 1 aliphatic heterocycles. The molecule has 0 aromatic rings. The van der Waals surface area contributed by atoms with Crippen LogP contribution in [0.4, 0.5) is 0 Å². The average molecular weight is 186 g/mol. The van der Waals surface area contributed by atoms with Crippen LogP contribution in [-0.4, -0.2) is 41.7 Å². The van der Waals surface area contributed by atoms with E-state index in [9.17, 15) is 9.90 Å². The second-order valence-corrected chi connectivity index (χ2v) is 3.86. The molecule has 2 atom stereocenters. The van der Waals surface area contributed by atoms with Crippen LogP contribution >= 0.6 is 0 Å². The lowest BCUT2D eigenvalue weighted by atomic mass is 10.1. The number of primary amides is 1. The number of likely N-dealkylation sites (tertiary alicyclic amines) is 1. The van der Waals surface area contributed by atoms with Crippen LogP contribution in [0.15, 0.2) is 0 Å². The van der Waals surface area contributed by atoms with Crippen LogP contribution in [0.5, 0.6) is 0 Å². The van der Waals surface area contributed by atoms with Gasteiger partial charge < -0.3 is 10.8 Å². The molecule has 1 aliphatic rings. The van der Waals surface area contributed by atoms with Crippen molar-refractivity contribution in [1.82, 2.24) is 4.90 Å². The van der Waals surface area contributed by atoms with Crippen LogP contribution in [-0.2, 0) is 4.79 Å². The Morgan fingerprint density at radius 3 is 3.00 bits per heavy atom. The largest absolute Gasteiger partial charge is 0.392 e. The highest BCUT2D eigenvalue weighted by molar-refractivity contribution is 5.76. The third kappa shape index (κ3) is 3.32. The van der Waals surface area contributed by atoms with Crippen molar-refractivity contribution in [2.24, 2.45) is 11.7 Å². The van der Waals surface area contributed by atoms with Crippen molar-refractivity contribution in [1.29, 1.82) is 0 Å². The van der Waals surface area contributed by atoms with E-state index in [4.69, 9.17) is 5.73 Å². The number of hydrogen-bond donors (Lipinski definition) is 2. The number of nitrogens with zero attached hydrogens (tertiary/aromatic N) is 1. The van der Waals surface area contributed by atoms with Crippen LogP contribution in [0.1, 0.15) is 19.8 Å². The Morgan fingerprint density at radius 1 is 1.77 bits per heavy atom. The van der Waals surface area contributed by atoms with Crippen molar-refractivity contribution in [3.05, 3.63) is 0 Å². The van der Waals surface area contributed by atoms with Gasteiger partial charge in [-0.3, -0.25) is 9.69 Å². The molecule has 1 fully saturated rings. The number of hydrogen-bond acceptors (Lipinski definition) is 3. The predicted molar refractivity (Wildman–Crippen MR) is 50.0 cm³/mol. The van der Waals surface area contributed by atoms with Crippen LogP contribution in [0, 0.1) is 5.92 Å². The summed E-state index contributed by atoms with van der Waals surface area (Å²) in [6, 6.07) is 0. The normalized spacial score (nSPS) is 27.1. The van der Waals surface area contributed by atoms with Gasteiger partial charge in [-0.1, -0.05) is 6.92 Å². The maximum atomic E-state index is 10.8. The quantitative estimate of drug-likeness (QED) is 0.628. The maximum Gasteiger partial charge on any atom is 0.221 e. The minimum atomic E-state index is -0.264. The number of rotatable bonds is 3. The third-order valence-electron chi connectivity index (χ3n) is 2.50. The van der Waals surface area contributed by atoms with Gasteiger partial charge >= 0.3 is 0 Å². The molecule has 1 amide bonds. The van der Waals surface area contributed by atoms with Crippen LogP contribution in [0.2, 0.25) is 0 Å². The summed E-state index contributed by atoms with van der Waals surface area (Å²) in [4.78, 5) is 12.9. The summed E-state index contributed by atoms with van der Waals surface area (Å²) in [6.45, 7) is 4.14. The molecular weight excluding hydrogens is 168 g/mol. The van der Waals surface area contributed by atoms with Crippen molar-refractivity contribution in [2.45, 2.75) is 25.9 Å². The van der Waals surface area contributed by atoms with Crippen LogP contribution in [0.25, 0.3) is 0 Å². The second-order valence-electron chi connectivity index (χ2n) is 3.86. The van der Waals surface area contributed by atoms with Crippen molar-refractivity contribution >= 4 is 5.91 Å². The first-order valence-corrected chi connectivity index (χ1v) is 4.79. The Kier molecular flexibility index (Phi) is 3.69. The van der Waals surface area contributed by atoms with Gasteiger partial charge in [-0.05, 0) is 19.4 Å². The van der Waals surface area contributed by atoms with E-state index < -0.39 is 0 Å². The molecule has 0 aliphatic carbocycles. The molecule has 0 spiro atoms. The molecule has 0 aromatic heterocycles. The number of aliphatic hydroxyl groups excluding tert-OH is 1. The van der Waals surface area contributed by atoms with Gasteiger partial charge in [0.1, 0.15) is 0 Å². The highest BCUT2D eigenvalue weighted by Gasteiger charge is 2.20. The zero-order valence-electron chi connectivity index (χ0n) is 8.07. The molecule has 0 saturated carbocycles. The van der Waals surface area contributed by atoms with Gasteiger partial charge in [-0.2, -0.15) is 0 Å². The van der Waals surface area contributed by atoms with Crippen LogP contribution < -0.4 is 5.73 Å². The van der Waals surface area contributed by atoms with Gasteiger partial charge in [-0.25, -0.2) is 0 Å². The topological polar surface area (TPSA) is 66.6 Å². The van der Waals surface area contributed by atoms with Gasteiger partial charge in [0.05, 0.1) is 6.10 Å². The Bertz CT molecular complexity index is 184. The molecule has 1 saturated heterocycles. The van der Waals surface area contributed by atoms with Crippen molar-refractivity contribution < 1.29 is 9.90 Å². The second kappa shape index (κ2) is 4.58. The molecule has 0 bridgehead atoms. The number of aliphatic hydroxyl groups is 1. The fourth-order valence-corrected chi connectivity index (χ4v) is 1.67. The zero-order chi connectivity index (χ0) is 9.84. The van der Waals surface area contributed by atoms with Crippen molar-refractivity contribution in [2.75, 3.05) is 19.6 Å². The lowest BCUT2D eigenvalue weighted by molar-refractivity contribution is -0.122. The standard InChI is InChI=1S/C9H18N2O2/c1-7(9(10)13)5-11-4-2-3-8(12)6-11/h7-8,12H,2-6H2,1H3,(H2,10,13). The Balaban J connectivity index is 2.31. The van der Waals surface area contributed by atoms with Gasteiger partial charge in [0.15, 0.2) is 0 Å². The highest BCUT2D eigenvalue weighted by Crippen LogP contribution is 2.11. The Hall–Kier alpha value is -0.610. The van der Waals surface area contributed by atoms with E-state index in [0.717, 1.165) is 19.4 Å². The van der Waals surface area contributed by atoms with E-state index in [1.807, 2.05) is 6.92 Å². The fraction of sp³-hybridized carbons (Fsp3) is 0.889. The van der Waals surface area contributed by atoms with E-state index in [-0.39, 0.29) is 17.9 Å². The summed E-state index contributed by atoms with van der Waals surface area (Å²) >= 11 is 0. The van der Waals surface area contributed by atoms with Crippen molar-refractivity contribution in [3.8, 4) is 0 Å². The minimum Gasteiger partial charge on any atom is -0.392 e. The first-order chi connectivity index (χ1) is 6.09. The summed E-state index contributed by atoms with van der Waals surface area (Å²) in [5.41, 5.74) is 5.16. The molecule has 4 nitrogen and oxygen atoms in total. The summed E-state index contributed by atoms with van der Waals surface area (Å²) < 4.78 is 0. The molecule has 76 valence electrons. The predicted octanol–water partition coefficient (Wildman–Crippen LogP) is -0.435. The van der Waals surface area contributed by atoms with Gasteiger partial charge in [0.25, 0.3) is 0 Å². The van der Waals surface area contributed by atoms with E-state index in [1.54, 1.807) is 0 Å². The number of carbonyl (C=O) groups is 1. The zero-order valence-corrected chi connectivity index (χ0v) is 8.07. The Labute approximate surface area is 78.7 Å². The monoisotopic (exact) mass is 186 g/mol. The first-order valence-electron chi connectivity index (χ1n) is 4.79.